The van der Waals surface area contributed by atoms with E-state index in [1.807, 2.05) is 0 Å². The lowest BCUT2D eigenvalue weighted by Gasteiger charge is -2.36. The van der Waals surface area contributed by atoms with E-state index in [9.17, 15) is 22.4 Å². The van der Waals surface area contributed by atoms with Crippen molar-refractivity contribution in [3.63, 3.8) is 0 Å². The molecule has 7 nitrogen and oxygen atoms in total. The highest BCUT2D eigenvalue weighted by Crippen LogP contribution is 2.35. The first kappa shape index (κ1) is 17.8. The molecule has 0 spiro atoms. The first-order valence-corrected chi connectivity index (χ1v) is 9.83. The number of benzene rings is 1. The van der Waals surface area contributed by atoms with Crippen molar-refractivity contribution in [1.82, 2.24) is 4.90 Å². The topological polar surface area (TPSA) is 110 Å². The van der Waals surface area contributed by atoms with E-state index in [0.29, 0.717) is 37.2 Å². The van der Waals surface area contributed by atoms with E-state index >= 15 is 0 Å². The molecule has 9 heteroatoms. The Labute approximate surface area is 145 Å². The molecule has 136 valence electrons. The fourth-order valence-corrected chi connectivity index (χ4v) is 4.54. The van der Waals surface area contributed by atoms with Crippen molar-refractivity contribution in [2.24, 2.45) is 11.1 Å². The monoisotopic (exact) mass is 369 g/mol. The second kappa shape index (κ2) is 6.72. The van der Waals surface area contributed by atoms with Gasteiger partial charge in [-0.2, -0.15) is 0 Å². The molecule has 2 heterocycles. The molecule has 1 aromatic rings. The van der Waals surface area contributed by atoms with Gasteiger partial charge in [0.15, 0.2) is 0 Å². The Morgan fingerprint density at radius 2 is 2.16 bits per heavy atom. The summed E-state index contributed by atoms with van der Waals surface area (Å²) in [6.45, 7) is 0.804. The molecule has 1 aromatic carbocycles. The maximum Gasteiger partial charge on any atom is 0.230 e. The summed E-state index contributed by atoms with van der Waals surface area (Å²) in [5.41, 5.74) is 0.896. The first-order chi connectivity index (χ1) is 11.7. The molecule has 0 saturated carbocycles. The van der Waals surface area contributed by atoms with Gasteiger partial charge in [-0.1, -0.05) is 6.07 Å². The van der Waals surface area contributed by atoms with Crippen LogP contribution in [-0.2, 0) is 19.6 Å². The molecule has 2 atom stereocenters. The molecular weight excluding hydrogens is 349 g/mol. The molecule has 3 rings (SSSR count). The molecule has 1 fully saturated rings. The minimum absolute atomic E-state index is 0.00613. The van der Waals surface area contributed by atoms with Gasteiger partial charge in [0.25, 0.3) is 0 Å². The molecule has 25 heavy (non-hydrogen) atoms. The summed E-state index contributed by atoms with van der Waals surface area (Å²) in [6.07, 6.45) is 1.36. The summed E-state index contributed by atoms with van der Waals surface area (Å²) in [5, 5.41) is 7.69. The van der Waals surface area contributed by atoms with Crippen LogP contribution >= 0.6 is 0 Å². The van der Waals surface area contributed by atoms with Crippen molar-refractivity contribution in [2.75, 3.05) is 24.2 Å². The number of nitrogens with one attached hydrogen (secondary N) is 1. The second-order valence-corrected chi connectivity index (χ2v) is 8.32. The van der Waals surface area contributed by atoms with E-state index in [1.54, 1.807) is 4.90 Å². The summed E-state index contributed by atoms with van der Waals surface area (Å²) in [6, 6.07) is 3.97. The van der Waals surface area contributed by atoms with E-state index in [-0.39, 0.29) is 29.9 Å². The van der Waals surface area contributed by atoms with Gasteiger partial charge in [0.2, 0.25) is 21.8 Å². The van der Waals surface area contributed by atoms with Crippen molar-refractivity contribution in [1.29, 1.82) is 0 Å². The van der Waals surface area contributed by atoms with Gasteiger partial charge >= 0.3 is 0 Å². The fraction of sp³-hybridized carbons (Fsp3) is 0.500. The number of hydrogen-bond donors (Lipinski definition) is 2. The number of anilines is 1. The van der Waals surface area contributed by atoms with Crippen LogP contribution in [-0.4, -0.2) is 44.0 Å². The van der Waals surface area contributed by atoms with Gasteiger partial charge in [-0.25, -0.2) is 17.9 Å². The Kier molecular flexibility index (Phi) is 4.79. The van der Waals surface area contributed by atoms with E-state index in [4.69, 9.17) is 5.14 Å². The number of nitrogens with zero attached hydrogens (tertiary/aromatic N) is 1. The lowest BCUT2D eigenvalue weighted by molar-refractivity contribution is -0.136. The average Bonchev–Trinajstić information content (AvgIpc) is 2.51. The average molecular weight is 369 g/mol. The van der Waals surface area contributed by atoms with Crippen molar-refractivity contribution in [2.45, 2.75) is 25.2 Å². The van der Waals surface area contributed by atoms with E-state index in [1.165, 1.54) is 18.2 Å². The van der Waals surface area contributed by atoms with Crippen LogP contribution in [0.25, 0.3) is 0 Å². The van der Waals surface area contributed by atoms with E-state index in [2.05, 4.69) is 5.32 Å². The Morgan fingerprint density at radius 3 is 2.88 bits per heavy atom. The summed E-state index contributed by atoms with van der Waals surface area (Å²) in [5.74, 6) is -2.12. The number of fused-ring (bicyclic) bond motifs is 1. The third-order valence-electron chi connectivity index (χ3n) is 4.65. The van der Waals surface area contributed by atoms with Gasteiger partial charge in [-0.05, 0) is 36.5 Å². The molecule has 2 aliphatic heterocycles. The number of carbonyl (C=O) groups excluding carboxylic acids is 2. The van der Waals surface area contributed by atoms with Gasteiger partial charge in [0.05, 0.1) is 11.7 Å². The minimum atomic E-state index is -3.60. The molecule has 1 saturated heterocycles. The van der Waals surface area contributed by atoms with Crippen molar-refractivity contribution in [3.05, 3.63) is 29.6 Å². The van der Waals surface area contributed by atoms with Crippen LogP contribution in [0.4, 0.5) is 10.1 Å². The van der Waals surface area contributed by atoms with Crippen LogP contribution in [0.2, 0.25) is 0 Å². The van der Waals surface area contributed by atoms with E-state index < -0.39 is 21.8 Å². The molecular formula is C16H20FN3O4S. The number of rotatable bonds is 3. The summed E-state index contributed by atoms with van der Waals surface area (Å²) >= 11 is 0. The van der Waals surface area contributed by atoms with Crippen molar-refractivity contribution >= 4 is 27.5 Å². The highest BCUT2D eigenvalue weighted by Gasteiger charge is 2.35. The lowest BCUT2D eigenvalue weighted by Crippen LogP contribution is -2.45. The Morgan fingerprint density at radius 1 is 1.40 bits per heavy atom. The standard InChI is InChI=1S/C16H20FN3O4S/c17-11-3-4-12-13(7-15(21)19-14(12)6-11)16(22)20-5-1-2-10(8-20)9-25(18,23)24/h3-4,6,10,13H,1-2,5,7-9H2,(H,19,21)(H2,18,23,24). The molecule has 2 amide bonds. The van der Waals surface area contributed by atoms with Gasteiger partial charge in [-0.3, -0.25) is 9.59 Å². The summed E-state index contributed by atoms with van der Waals surface area (Å²) in [4.78, 5) is 26.4. The zero-order valence-electron chi connectivity index (χ0n) is 13.6. The first-order valence-electron chi connectivity index (χ1n) is 8.11. The third-order valence-corrected chi connectivity index (χ3v) is 5.59. The molecule has 2 unspecified atom stereocenters. The quantitative estimate of drug-likeness (QED) is 0.820. The molecule has 3 N–H and O–H groups in total. The van der Waals surface area contributed by atoms with Gasteiger partial charge in [0.1, 0.15) is 5.82 Å². The van der Waals surface area contributed by atoms with Crippen LogP contribution in [0.3, 0.4) is 0 Å². The minimum Gasteiger partial charge on any atom is -0.342 e. The van der Waals surface area contributed by atoms with Crippen LogP contribution in [0.5, 0.6) is 0 Å². The summed E-state index contributed by atoms with van der Waals surface area (Å²) < 4.78 is 36.0. The number of piperidine rings is 1. The molecule has 2 aliphatic rings. The van der Waals surface area contributed by atoms with Gasteiger partial charge in [0, 0.05) is 25.2 Å². The van der Waals surface area contributed by atoms with Crippen LogP contribution in [0.15, 0.2) is 18.2 Å². The second-order valence-electron chi connectivity index (χ2n) is 6.66. The predicted molar refractivity (Wildman–Crippen MR) is 89.7 cm³/mol. The Balaban J connectivity index is 1.80. The number of likely N-dealkylation sites (tertiary alicyclic amines) is 1. The Bertz CT molecular complexity index is 812. The number of primary sulfonamides is 1. The number of halogens is 1. The highest BCUT2D eigenvalue weighted by molar-refractivity contribution is 7.89. The number of hydrogen-bond acceptors (Lipinski definition) is 4. The zero-order chi connectivity index (χ0) is 18.2. The highest BCUT2D eigenvalue weighted by atomic mass is 32.2. The zero-order valence-corrected chi connectivity index (χ0v) is 14.4. The molecule has 0 radical (unpaired) electrons. The van der Waals surface area contributed by atoms with E-state index in [0.717, 1.165) is 0 Å². The smallest absolute Gasteiger partial charge is 0.230 e. The fourth-order valence-electron chi connectivity index (χ4n) is 3.61. The summed E-state index contributed by atoms with van der Waals surface area (Å²) in [7, 11) is -3.60. The number of sulfonamides is 1. The van der Waals surface area contributed by atoms with Crippen LogP contribution in [0.1, 0.15) is 30.7 Å². The van der Waals surface area contributed by atoms with Crippen molar-refractivity contribution < 1.29 is 22.4 Å². The van der Waals surface area contributed by atoms with Gasteiger partial charge < -0.3 is 10.2 Å². The normalized spacial score (nSPS) is 23.8. The number of amides is 2. The Hall–Kier alpha value is -2.00. The largest absolute Gasteiger partial charge is 0.342 e. The number of carbonyl (C=O) groups is 2. The molecule has 0 bridgehead atoms. The lowest BCUT2D eigenvalue weighted by atomic mass is 9.88. The van der Waals surface area contributed by atoms with Gasteiger partial charge in [-0.15, -0.1) is 0 Å². The third kappa shape index (κ3) is 4.16. The van der Waals surface area contributed by atoms with Crippen LogP contribution in [0, 0.1) is 11.7 Å². The molecule has 0 aliphatic carbocycles. The predicted octanol–water partition coefficient (Wildman–Crippen LogP) is 0.779. The molecule has 0 aromatic heterocycles. The number of nitrogens with two attached hydrogens (primary N) is 1. The maximum atomic E-state index is 13.4. The maximum absolute atomic E-state index is 13.4. The SMILES string of the molecule is NS(=O)(=O)CC1CCCN(C(=O)C2CC(=O)Nc3cc(F)ccc32)C1. The van der Waals surface area contributed by atoms with Crippen molar-refractivity contribution in [3.8, 4) is 0 Å². The van der Waals surface area contributed by atoms with Crippen LogP contribution < -0.4 is 10.5 Å².